The number of carbonyl (C=O) groups excluding carboxylic acids is 1. The van der Waals surface area contributed by atoms with Gasteiger partial charge in [0.2, 0.25) is 0 Å². The van der Waals surface area contributed by atoms with E-state index in [-0.39, 0.29) is 11.5 Å². The first-order valence-electron chi connectivity index (χ1n) is 11.0. The second kappa shape index (κ2) is 11.5. The molecule has 0 heterocycles. The lowest BCUT2D eigenvalue weighted by Crippen LogP contribution is -2.20. The summed E-state index contributed by atoms with van der Waals surface area (Å²) in [7, 11) is 8.00. The molecule has 33 heavy (non-hydrogen) atoms. The first-order valence-corrected chi connectivity index (χ1v) is 11.0. The number of rotatable bonds is 10. The van der Waals surface area contributed by atoms with Gasteiger partial charge >= 0.3 is 0 Å². The molecule has 0 saturated carbocycles. The molecule has 5 nitrogen and oxygen atoms in total. The largest absolute Gasteiger partial charge is 0.507 e. The van der Waals surface area contributed by atoms with Crippen molar-refractivity contribution in [2.75, 3.05) is 41.3 Å². The lowest BCUT2D eigenvalue weighted by molar-refractivity contribution is 0.104. The number of hydrogen-bond donors (Lipinski definition) is 1. The number of aromatic hydroxyl groups is 1. The summed E-state index contributed by atoms with van der Waals surface area (Å²) in [5.74, 6) is 0.560. The lowest BCUT2D eigenvalue weighted by Gasteiger charge is -2.15. The maximum atomic E-state index is 13.3. The zero-order chi connectivity index (χ0) is 23.8. The smallest absolute Gasteiger partial charge is 0.189 e. The van der Waals surface area contributed by atoms with Crippen LogP contribution in [-0.2, 0) is 6.54 Å². The van der Waals surface area contributed by atoms with Crippen LogP contribution in [-0.4, -0.2) is 62.0 Å². The number of phenolic OH excluding ortho intramolecular Hbond substituents is 1. The van der Waals surface area contributed by atoms with Gasteiger partial charge in [0.05, 0.1) is 5.56 Å². The van der Waals surface area contributed by atoms with Gasteiger partial charge < -0.3 is 19.6 Å². The second-order valence-corrected chi connectivity index (χ2v) is 8.51. The third-order valence-electron chi connectivity index (χ3n) is 5.21. The average molecular weight is 445 g/mol. The number of ketones is 1. The Labute approximate surface area is 196 Å². The van der Waals surface area contributed by atoms with Crippen molar-refractivity contribution in [2.45, 2.75) is 6.54 Å². The van der Waals surface area contributed by atoms with E-state index in [2.05, 4.69) is 11.0 Å². The topological polar surface area (TPSA) is 53.0 Å². The molecule has 0 bridgehead atoms. The molecule has 3 aromatic carbocycles. The van der Waals surface area contributed by atoms with Crippen LogP contribution >= 0.6 is 0 Å². The SMILES string of the molecule is CN(C)CCOc1ccc(-c2ccccc2O)cc1C(=O)/C=C/c1ccccc1CN(C)C. The predicted octanol–water partition coefficient (Wildman–Crippen LogP) is 4.96. The summed E-state index contributed by atoms with van der Waals surface area (Å²) < 4.78 is 5.95. The number of para-hydroxylation sites is 1. The van der Waals surface area contributed by atoms with Crippen LogP contribution in [0.4, 0.5) is 0 Å². The van der Waals surface area contributed by atoms with Gasteiger partial charge in [-0.05, 0) is 69.2 Å². The third kappa shape index (κ3) is 6.78. The number of nitrogens with zero attached hydrogens (tertiary/aromatic N) is 2. The van der Waals surface area contributed by atoms with Gasteiger partial charge in [0.15, 0.2) is 5.78 Å². The first kappa shape index (κ1) is 24.2. The minimum atomic E-state index is -0.146. The molecular formula is C28H32N2O3. The highest BCUT2D eigenvalue weighted by Gasteiger charge is 2.14. The molecule has 0 amide bonds. The lowest BCUT2D eigenvalue weighted by atomic mass is 9.98. The van der Waals surface area contributed by atoms with Gasteiger partial charge in [0.25, 0.3) is 0 Å². The Hall–Kier alpha value is -3.41. The van der Waals surface area contributed by atoms with Crippen LogP contribution < -0.4 is 4.74 Å². The fourth-order valence-electron chi connectivity index (χ4n) is 3.51. The molecule has 1 N–H and O–H groups in total. The van der Waals surface area contributed by atoms with Crippen LogP contribution in [0.1, 0.15) is 21.5 Å². The zero-order valence-electron chi connectivity index (χ0n) is 19.8. The summed E-state index contributed by atoms with van der Waals surface area (Å²) in [5.41, 5.74) is 4.06. The van der Waals surface area contributed by atoms with Gasteiger partial charge in [-0.25, -0.2) is 0 Å². The Morgan fingerprint density at radius 3 is 2.39 bits per heavy atom. The molecule has 0 aliphatic carbocycles. The van der Waals surface area contributed by atoms with Crippen molar-refractivity contribution in [1.29, 1.82) is 0 Å². The number of benzene rings is 3. The second-order valence-electron chi connectivity index (χ2n) is 8.51. The molecule has 0 atom stereocenters. The molecule has 0 aliphatic rings. The maximum Gasteiger partial charge on any atom is 0.189 e. The van der Waals surface area contributed by atoms with Crippen molar-refractivity contribution in [3.8, 4) is 22.6 Å². The van der Waals surface area contributed by atoms with E-state index in [1.54, 1.807) is 30.3 Å². The summed E-state index contributed by atoms with van der Waals surface area (Å²) >= 11 is 0. The van der Waals surface area contributed by atoms with Crippen molar-refractivity contribution >= 4 is 11.9 Å². The Morgan fingerprint density at radius 2 is 1.67 bits per heavy atom. The Kier molecular flexibility index (Phi) is 8.41. The van der Waals surface area contributed by atoms with E-state index < -0.39 is 0 Å². The molecule has 172 valence electrons. The van der Waals surface area contributed by atoms with E-state index >= 15 is 0 Å². The van der Waals surface area contributed by atoms with E-state index in [4.69, 9.17) is 4.74 Å². The Balaban J connectivity index is 1.94. The molecular weight excluding hydrogens is 412 g/mol. The van der Waals surface area contributed by atoms with Gasteiger partial charge in [-0.15, -0.1) is 0 Å². The van der Waals surface area contributed by atoms with Crippen molar-refractivity contribution in [2.24, 2.45) is 0 Å². The minimum Gasteiger partial charge on any atom is -0.507 e. The van der Waals surface area contributed by atoms with Crippen molar-refractivity contribution < 1.29 is 14.6 Å². The third-order valence-corrected chi connectivity index (χ3v) is 5.21. The number of hydrogen-bond acceptors (Lipinski definition) is 5. The fraction of sp³-hybridized carbons (Fsp3) is 0.250. The molecule has 0 unspecified atom stereocenters. The molecule has 3 rings (SSSR count). The number of carbonyl (C=O) groups is 1. The number of allylic oxidation sites excluding steroid dienone is 1. The first-order chi connectivity index (χ1) is 15.8. The van der Waals surface area contributed by atoms with E-state index in [0.29, 0.717) is 23.5 Å². The van der Waals surface area contributed by atoms with Crippen LogP contribution in [0.5, 0.6) is 11.5 Å². The van der Waals surface area contributed by atoms with Gasteiger partial charge in [-0.3, -0.25) is 4.79 Å². The summed E-state index contributed by atoms with van der Waals surface area (Å²) in [5, 5.41) is 10.3. The fourth-order valence-corrected chi connectivity index (χ4v) is 3.51. The molecule has 0 aliphatic heterocycles. The van der Waals surface area contributed by atoms with Crippen LogP contribution in [0.25, 0.3) is 17.2 Å². The highest BCUT2D eigenvalue weighted by Crippen LogP contribution is 2.32. The van der Waals surface area contributed by atoms with Gasteiger partial charge in [-0.2, -0.15) is 0 Å². The molecule has 0 spiro atoms. The Morgan fingerprint density at radius 1 is 0.939 bits per heavy atom. The molecule has 3 aromatic rings. The maximum absolute atomic E-state index is 13.3. The minimum absolute atomic E-state index is 0.146. The predicted molar refractivity (Wildman–Crippen MR) is 135 cm³/mol. The summed E-state index contributed by atoms with van der Waals surface area (Å²) in [6.07, 6.45) is 3.45. The van der Waals surface area contributed by atoms with Crippen molar-refractivity contribution in [3.05, 3.63) is 89.5 Å². The standard InChI is InChI=1S/C28H32N2O3/c1-29(2)17-18-33-28-16-14-22(24-11-7-8-12-26(24)31)19-25(28)27(32)15-13-21-9-5-6-10-23(21)20-30(3)4/h5-16,19,31H,17-18,20H2,1-4H3/b15-13+. The molecule has 0 fully saturated rings. The molecule has 0 aromatic heterocycles. The van der Waals surface area contributed by atoms with Crippen LogP contribution in [0.3, 0.4) is 0 Å². The highest BCUT2D eigenvalue weighted by atomic mass is 16.5. The van der Waals surface area contributed by atoms with E-state index in [1.165, 1.54) is 0 Å². The van der Waals surface area contributed by atoms with Gasteiger partial charge in [0.1, 0.15) is 18.1 Å². The number of likely N-dealkylation sites (N-methyl/N-ethyl adjacent to an activating group) is 1. The molecule has 5 heteroatoms. The number of phenols is 1. The van der Waals surface area contributed by atoms with Crippen LogP contribution in [0.15, 0.2) is 72.8 Å². The van der Waals surface area contributed by atoms with Crippen LogP contribution in [0.2, 0.25) is 0 Å². The highest BCUT2D eigenvalue weighted by molar-refractivity contribution is 6.09. The average Bonchev–Trinajstić information content (AvgIpc) is 2.78. The number of ether oxygens (including phenoxy) is 1. The van der Waals surface area contributed by atoms with E-state index in [1.807, 2.05) is 75.6 Å². The van der Waals surface area contributed by atoms with E-state index in [0.717, 1.165) is 29.8 Å². The summed E-state index contributed by atoms with van der Waals surface area (Å²) in [4.78, 5) is 17.4. The van der Waals surface area contributed by atoms with Crippen LogP contribution in [0, 0.1) is 0 Å². The Bertz CT molecular complexity index is 1120. The van der Waals surface area contributed by atoms with Gasteiger partial charge in [0, 0.05) is 18.7 Å². The summed E-state index contributed by atoms with van der Waals surface area (Å²) in [6.45, 7) is 2.00. The van der Waals surface area contributed by atoms with Gasteiger partial charge in [-0.1, -0.05) is 54.6 Å². The van der Waals surface area contributed by atoms with Crippen molar-refractivity contribution in [3.63, 3.8) is 0 Å². The zero-order valence-corrected chi connectivity index (χ0v) is 19.8. The normalized spacial score (nSPS) is 11.5. The van der Waals surface area contributed by atoms with E-state index in [9.17, 15) is 9.90 Å². The molecule has 0 radical (unpaired) electrons. The molecule has 0 saturated heterocycles. The quantitative estimate of drug-likeness (QED) is 0.354. The summed E-state index contributed by atoms with van der Waals surface area (Å²) in [6, 6.07) is 20.6. The van der Waals surface area contributed by atoms with Crippen molar-refractivity contribution in [1.82, 2.24) is 9.80 Å². The monoisotopic (exact) mass is 444 g/mol.